The fourth-order valence-electron chi connectivity index (χ4n) is 1.29. The molecular formula is C14H17N. The van der Waals surface area contributed by atoms with Crippen molar-refractivity contribution >= 4 is 12.2 Å². The van der Waals surface area contributed by atoms with Crippen LogP contribution in [-0.2, 0) is 0 Å². The summed E-state index contributed by atoms with van der Waals surface area (Å²) in [4.78, 5) is 4.40. The fraction of sp³-hybridized carbons (Fsp3) is 0.214. The van der Waals surface area contributed by atoms with Gasteiger partial charge in [0.15, 0.2) is 0 Å². The standard InChI is InChI=1S/C14H17N/c1-5-7-8-14-12(6-2)9-13(10-15-14)11(3)4/h5-11H,1-2H2,3-4H3/b8-7-. The van der Waals surface area contributed by atoms with Gasteiger partial charge in [0.05, 0.1) is 5.69 Å². The average molecular weight is 199 g/mol. The molecule has 78 valence electrons. The lowest BCUT2D eigenvalue weighted by molar-refractivity contribution is 0.857. The minimum atomic E-state index is 0.494. The van der Waals surface area contributed by atoms with Crippen molar-refractivity contribution in [2.45, 2.75) is 19.8 Å². The third kappa shape index (κ3) is 2.91. The summed E-state index contributed by atoms with van der Waals surface area (Å²) in [6.07, 6.45) is 9.31. The highest BCUT2D eigenvalue weighted by Gasteiger charge is 2.03. The zero-order chi connectivity index (χ0) is 11.3. The molecule has 0 saturated heterocycles. The highest BCUT2D eigenvalue weighted by molar-refractivity contribution is 5.62. The van der Waals surface area contributed by atoms with Crippen LogP contribution in [-0.4, -0.2) is 4.98 Å². The second-order valence-electron chi connectivity index (χ2n) is 3.70. The van der Waals surface area contributed by atoms with E-state index in [0.29, 0.717) is 5.92 Å². The number of rotatable bonds is 4. The first kappa shape index (κ1) is 11.4. The Morgan fingerprint density at radius 1 is 1.33 bits per heavy atom. The molecule has 0 amide bonds. The van der Waals surface area contributed by atoms with Gasteiger partial charge in [0.25, 0.3) is 0 Å². The van der Waals surface area contributed by atoms with Crippen molar-refractivity contribution < 1.29 is 0 Å². The molecule has 0 bridgehead atoms. The summed E-state index contributed by atoms with van der Waals surface area (Å²) in [7, 11) is 0. The lowest BCUT2D eigenvalue weighted by atomic mass is 10.0. The van der Waals surface area contributed by atoms with Crippen molar-refractivity contribution in [3.63, 3.8) is 0 Å². The topological polar surface area (TPSA) is 12.9 Å². The van der Waals surface area contributed by atoms with Gasteiger partial charge in [-0.05, 0) is 29.2 Å². The van der Waals surface area contributed by atoms with Gasteiger partial charge in [-0.15, -0.1) is 0 Å². The minimum Gasteiger partial charge on any atom is -0.256 e. The summed E-state index contributed by atoms with van der Waals surface area (Å²) in [5, 5.41) is 0. The molecule has 1 heterocycles. The third-order valence-electron chi connectivity index (χ3n) is 2.25. The average Bonchev–Trinajstić information content (AvgIpc) is 2.25. The molecule has 0 spiro atoms. The largest absolute Gasteiger partial charge is 0.256 e. The van der Waals surface area contributed by atoms with Crippen LogP contribution in [0, 0.1) is 0 Å². The quantitative estimate of drug-likeness (QED) is 0.667. The van der Waals surface area contributed by atoms with Crippen LogP contribution in [0.5, 0.6) is 0 Å². The second-order valence-corrected chi connectivity index (χ2v) is 3.70. The summed E-state index contributed by atoms with van der Waals surface area (Å²) in [6, 6.07) is 2.13. The van der Waals surface area contributed by atoms with Gasteiger partial charge >= 0.3 is 0 Å². The normalized spacial score (nSPS) is 10.9. The first-order chi connectivity index (χ1) is 7.19. The third-order valence-corrected chi connectivity index (χ3v) is 2.25. The van der Waals surface area contributed by atoms with Crippen LogP contribution in [0.25, 0.3) is 12.2 Å². The van der Waals surface area contributed by atoms with E-state index in [0.717, 1.165) is 11.3 Å². The Morgan fingerprint density at radius 2 is 2.07 bits per heavy atom. The van der Waals surface area contributed by atoms with Crippen LogP contribution in [0.1, 0.15) is 36.6 Å². The van der Waals surface area contributed by atoms with Crippen LogP contribution >= 0.6 is 0 Å². The molecule has 1 aromatic rings. The maximum absolute atomic E-state index is 4.40. The summed E-state index contributed by atoms with van der Waals surface area (Å²) in [5.41, 5.74) is 3.24. The summed E-state index contributed by atoms with van der Waals surface area (Å²) < 4.78 is 0. The van der Waals surface area contributed by atoms with E-state index >= 15 is 0 Å². The Morgan fingerprint density at radius 3 is 2.60 bits per heavy atom. The number of allylic oxidation sites excluding steroid dienone is 2. The van der Waals surface area contributed by atoms with E-state index in [9.17, 15) is 0 Å². The summed E-state index contributed by atoms with van der Waals surface area (Å²) in [6.45, 7) is 11.7. The zero-order valence-electron chi connectivity index (χ0n) is 9.40. The molecule has 0 aromatic carbocycles. The van der Waals surface area contributed by atoms with E-state index in [1.165, 1.54) is 5.56 Å². The van der Waals surface area contributed by atoms with E-state index in [2.05, 4.69) is 38.1 Å². The van der Waals surface area contributed by atoms with E-state index in [1.807, 2.05) is 24.4 Å². The lowest BCUT2D eigenvalue weighted by Crippen LogP contribution is -1.93. The minimum absolute atomic E-state index is 0.494. The number of aromatic nitrogens is 1. The van der Waals surface area contributed by atoms with Crippen molar-refractivity contribution in [2.75, 3.05) is 0 Å². The lowest BCUT2D eigenvalue weighted by Gasteiger charge is -2.07. The molecule has 1 aromatic heterocycles. The predicted molar refractivity (Wildman–Crippen MR) is 67.6 cm³/mol. The molecule has 0 aliphatic heterocycles. The Balaban J connectivity index is 3.14. The van der Waals surface area contributed by atoms with E-state index in [-0.39, 0.29) is 0 Å². The second kappa shape index (κ2) is 5.30. The van der Waals surface area contributed by atoms with Crippen molar-refractivity contribution in [1.82, 2.24) is 4.98 Å². The predicted octanol–water partition coefficient (Wildman–Crippen LogP) is 4.05. The first-order valence-corrected chi connectivity index (χ1v) is 5.10. The maximum atomic E-state index is 4.40. The van der Waals surface area contributed by atoms with E-state index in [1.54, 1.807) is 6.08 Å². The number of hydrogen-bond donors (Lipinski definition) is 0. The monoisotopic (exact) mass is 199 g/mol. The Labute approximate surface area is 91.9 Å². The van der Waals surface area contributed by atoms with Crippen LogP contribution in [0.3, 0.4) is 0 Å². The fourth-order valence-corrected chi connectivity index (χ4v) is 1.29. The van der Waals surface area contributed by atoms with Crippen LogP contribution in [0.4, 0.5) is 0 Å². The van der Waals surface area contributed by atoms with Gasteiger partial charge in [-0.3, -0.25) is 4.98 Å². The molecule has 0 fully saturated rings. The molecule has 0 aliphatic rings. The Bertz CT molecular complexity index is 386. The highest BCUT2D eigenvalue weighted by Crippen LogP contribution is 2.18. The van der Waals surface area contributed by atoms with Gasteiger partial charge in [0.1, 0.15) is 0 Å². The van der Waals surface area contributed by atoms with E-state index < -0.39 is 0 Å². The molecule has 0 N–H and O–H groups in total. The van der Waals surface area contributed by atoms with Gasteiger partial charge in [-0.25, -0.2) is 0 Å². The van der Waals surface area contributed by atoms with Gasteiger partial charge < -0.3 is 0 Å². The van der Waals surface area contributed by atoms with Gasteiger partial charge in [-0.2, -0.15) is 0 Å². The van der Waals surface area contributed by atoms with Crippen LogP contribution in [0.2, 0.25) is 0 Å². The Hall–Kier alpha value is -1.63. The molecule has 1 rings (SSSR count). The van der Waals surface area contributed by atoms with Crippen molar-refractivity contribution in [1.29, 1.82) is 0 Å². The molecule has 1 heteroatoms. The Kier molecular flexibility index (Phi) is 4.04. The molecule has 0 radical (unpaired) electrons. The molecule has 15 heavy (non-hydrogen) atoms. The highest BCUT2D eigenvalue weighted by atomic mass is 14.7. The van der Waals surface area contributed by atoms with Crippen molar-refractivity contribution in [3.8, 4) is 0 Å². The van der Waals surface area contributed by atoms with E-state index in [4.69, 9.17) is 0 Å². The number of pyridine rings is 1. The van der Waals surface area contributed by atoms with Crippen molar-refractivity contribution in [2.24, 2.45) is 0 Å². The number of nitrogens with zero attached hydrogens (tertiary/aromatic N) is 1. The molecule has 0 saturated carbocycles. The molecule has 1 nitrogen and oxygen atoms in total. The molecular weight excluding hydrogens is 182 g/mol. The molecule has 0 aliphatic carbocycles. The van der Waals surface area contributed by atoms with Gasteiger partial charge in [-0.1, -0.05) is 45.2 Å². The summed E-state index contributed by atoms with van der Waals surface area (Å²) >= 11 is 0. The summed E-state index contributed by atoms with van der Waals surface area (Å²) in [5.74, 6) is 0.494. The van der Waals surface area contributed by atoms with Crippen LogP contribution in [0.15, 0.2) is 37.6 Å². The van der Waals surface area contributed by atoms with Crippen molar-refractivity contribution in [3.05, 3.63) is 54.4 Å². The molecule has 0 unspecified atom stereocenters. The van der Waals surface area contributed by atoms with Gasteiger partial charge in [0.2, 0.25) is 0 Å². The number of hydrogen-bond acceptors (Lipinski definition) is 1. The van der Waals surface area contributed by atoms with Crippen LogP contribution < -0.4 is 0 Å². The zero-order valence-corrected chi connectivity index (χ0v) is 9.40. The molecule has 0 atom stereocenters. The smallest absolute Gasteiger partial charge is 0.0701 e. The maximum Gasteiger partial charge on any atom is 0.0701 e. The SMILES string of the molecule is C=C/C=C\c1ncc(C(C)C)cc1C=C. The first-order valence-electron chi connectivity index (χ1n) is 5.10. The van der Waals surface area contributed by atoms with Gasteiger partial charge in [0, 0.05) is 6.20 Å².